The summed E-state index contributed by atoms with van der Waals surface area (Å²) in [6.45, 7) is 6.65. The maximum absolute atomic E-state index is 10.8. The van der Waals surface area contributed by atoms with Gasteiger partial charge in [0.05, 0.1) is 0 Å². The smallest absolute Gasteiger partial charge is 0.216 e. The highest BCUT2D eigenvalue weighted by Gasteiger charge is 2.18. The van der Waals surface area contributed by atoms with E-state index in [-0.39, 0.29) is 5.91 Å². The Morgan fingerprint density at radius 1 is 1.47 bits per heavy atom. The van der Waals surface area contributed by atoms with E-state index in [1.807, 2.05) is 0 Å². The SMILES string of the molecule is CC(=O)NCC1CCN(CCCN)CC1. The molecule has 1 aliphatic rings. The summed E-state index contributed by atoms with van der Waals surface area (Å²) < 4.78 is 0. The maximum atomic E-state index is 10.8. The molecule has 0 unspecified atom stereocenters. The Morgan fingerprint density at radius 2 is 2.13 bits per heavy atom. The third-order valence-corrected chi connectivity index (χ3v) is 3.03. The molecule has 0 aliphatic carbocycles. The number of piperidine rings is 1. The van der Waals surface area contributed by atoms with E-state index < -0.39 is 0 Å². The minimum Gasteiger partial charge on any atom is -0.356 e. The average molecular weight is 213 g/mol. The Balaban J connectivity index is 2.09. The van der Waals surface area contributed by atoms with Crippen LogP contribution >= 0.6 is 0 Å². The van der Waals surface area contributed by atoms with Gasteiger partial charge in [0, 0.05) is 13.5 Å². The maximum Gasteiger partial charge on any atom is 0.216 e. The van der Waals surface area contributed by atoms with Crippen molar-refractivity contribution in [1.82, 2.24) is 10.2 Å². The van der Waals surface area contributed by atoms with Gasteiger partial charge in [-0.3, -0.25) is 4.79 Å². The Bertz CT molecular complexity index is 188. The van der Waals surface area contributed by atoms with E-state index in [0.717, 1.165) is 39.1 Å². The zero-order chi connectivity index (χ0) is 11.1. The van der Waals surface area contributed by atoms with E-state index in [2.05, 4.69) is 10.2 Å². The predicted molar refractivity (Wildman–Crippen MR) is 61.5 cm³/mol. The van der Waals surface area contributed by atoms with Gasteiger partial charge in [-0.2, -0.15) is 0 Å². The zero-order valence-corrected chi connectivity index (χ0v) is 9.67. The summed E-state index contributed by atoms with van der Waals surface area (Å²) in [5, 5.41) is 2.90. The number of carbonyl (C=O) groups is 1. The molecule has 1 heterocycles. The minimum absolute atomic E-state index is 0.0839. The highest BCUT2D eigenvalue weighted by Crippen LogP contribution is 2.16. The second-order valence-corrected chi connectivity index (χ2v) is 4.36. The molecule has 1 rings (SSSR count). The van der Waals surface area contributed by atoms with Gasteiger partial charge in [0.2, 0.25) is 5.91 Å². The first-order chi connectivity index (χ1) is 7.22. The van der Waals surface area contributed by atoms with Gasteiger partial charge in [-0.15, -0.1) is 0 Å². The number of rotatable bonds is 5. The van der Waals surface area contributed by atoms with Crippen molar-refractivity contribution in [2.75, 3.05) is 32.7 Å². The Labute approximate surface area is 92.2 Å². The van der Waals surface area contributed by atoms with Crippen molar-refractivity contribution in [1.29, 1.82) is 0 Å². The molecule has 1 fully saturated rings. The van der Waals surface area contributed by atoms with Crippen LogP contribution in [0.2, 0.25) is 0 Å². The van der Waals surface area contributed by atoms with Crippen molar-refractivity contribution in [3.8, 4) is 0 Å². The number of carbonyl (C=O) groups excluding carboxylic acids is 1. The van der Waals surface area contributed by atoms with Crippen LogP contribution in [0.15, 0.2) is 0 Å². The molecular formula is C11H23N3O. The van der Waals surface area contributed by atoms with Gasteiger partial charge >= 0.3 is 0 Å². The molecule has 4 nitrogen and oxygen atoms in total. The van der Waals surface area contributed by atoms with Crippen LogP contribution in [0.4, 0.5) is 0 Å². The van der Waals surface area contributed by atoms with Crippen molar-refractivity contribution in [3.05, 3.63) is 0 Å². The van der Waals surface area contributed by atoms with Crippen molar-refractivity contribution >= 4 is 5.91 Å². The molecule has 0 aromatic carbocycles. The van der Waals surface area contributed by atoms with Gasteiger partial charge in [0.1, 0.15) is 0 Å². The third kappa shape index (κ3) is 5.14. The molecule has 88 valence electrons. The van der Waals surface area contributed by atoms with E-state index in [1.165, 1.54) is 12.8 Å². The molecule has 0 aromatic heterocycles. The third-order valence-electron chi connectivity index (χ3n) is 3.03. The van der Waals surface area contributed by atoms with Gasteiger partial charge in [-0.25, -0.2) is 0 Å². The van der Waals surface area contributed by atoms with Crippen LogP contribution in [0.5, 0.6) is 0 Å². The van der Waals surface area contributed by atoms with Gasteiger partial charge in [-0.1, -0.05) is 0 Å². The van der Waals surface area contributed by atoms with Gasteiger partial charge < -0.3 is 16.0 Å². The zero-order valence-electron chi connectivity index (χ0n) is 9.67. The van der Waals surface area contributed by atoms with Crippen LogP contribution in [0.3, 0.4) is 0 Å². The lowest BCUT2D eigenvalue weighted by atomic mass is 9.96. The highest BCUT2D eigenvalue weighted by molar-refractivity contribution is 5.72. The number of amides is 1. The van der Waals surface area contributed by atoms with Crippen LogP contribution in [0.1, 0.15) is 26.2 Å². The van der Waals surface area contributed by atoms with Crippen LogP contribution < -0.4 is 11.1 Å². The molecule has 0 atom stereocenters. The summed E-state index contributed by atoms with van der Waals surface area (Å²) in [6, 6.07) is 0. The molecule has 0 aromatic rings. The predicted octanol–water partition coefficient (Wildman–Crippen LogP) is 0.183. The molecule has 1 saturated heterocycles. The first-order valence-electron chi connectivity index (χ1n) is 5.89. The van der Waals surface area contributed by atoms with E-state index in [9.17, 15) is 4.79 Å². The van der Waals surface area contributed by atoms with Gasteiger partial charge in [0.15, 0.2) is 0 Å². The van der Waals surface area contributed by atoms with E-state index in [0.29, 0.717) is 5.92 Å². The van der Waals surface area contributed by atoms with Crippen molar-refractivity contribution in [2.24, 2.45) is 11.7 Å². The molecule has 0 radical (unpaired) electrons. The number of nitrogens with zero attached hydrogens (tertiary/aromatic N) is 1. The molecular weight excluding hydrogens is 190 g/mol. The number of likely N-dealkylation sites (tertiary alicyclic amines) is 1. The molecule has 3 N–H and O–H groups in total. The summed E-state index contributed by atoms with van der Waals surface area (Å²) in [7, 11) is 0. The van der Waals surface area contributed by atoms with Crippen LogP contribution in [-0.4, -0.2) is 43.5 Å². The number of nitrogens with two attached hydrogens (primary N) is 1. The fraction of sp³-hybridized carbons (Fsp3) is 0.909. The lowest BCUT2D eigenvalue weighted by molar-refractivity contribution is -0.119. The summed E-state index contributed by atoms with van der Waals surface area (Å²) >= 11 is 0. The quantitative estimate of drug-likeness (QED) is 0.685. The Morgan fingerprint density at radius 3 is 2.67 bits per heavy atom. The fourth-order valence-corrected chi connectivity index (χ4v) is 2.02. The summed E-state index contributed by atoms with van der Waals surface area (Å²) in [5.74, 6) is 0.753. The van der Waals surface area contributed by atoms with Crippen LogP contribution in [-0.2, 0) is 4.79 Å². The molecule has 4 heteroatoms. The first-order valence-corrected chi connectivity index (χ1v) is 5.89. The average Bonchev–Trinajstić information content (AvgIpc) is 2.25. The standard InChI is InChI=1S/C11H23N3O/c1-10(15)13-9-11-3-7-14(8-4-11)6-2-5-12/h11H,2-9,12H2,1H3,(H,13,15). The van der Waals surface area contributed by atoms with Crippen molar-refractivity contribution in [2.45, 2.75) is 26.2 Å². The molecule has 15 heavy (non-hydrogen) atoms. The fourth-order valence-electron chi connectivity index (χ4n) is 2.02. The summed E-state index contributed by atoms with van der Waals surface area (Å²) in [5.41, 5.74) is 5.48. The van der Waals surface area contributed by atoms with E-state index in [4.69, 9.17) is 5.73 Å². The largest absolute Gasteiger partial charge is 0.356 e. The topological polar surface area (TPSA) is 58.4 Å². The lowest BCUT2D eigenvalue weighted by Gasteiger charge is -2.31. The minimum atomic E-state index is 0.0839. The van der Waals surface area contributed by atoms with E-state index in [1.54, 1.807) is 6.92 Å². The van der Waals surface area contributed by atoms with Gasteiger partial charge in [0.25, 0.3) is 0 Å². The summed E-state index contributed by atoms with van der Waals surface area (Å²) in [4.78, 5) is 13.2. The molecule has 1 amide bonds. The Kier molecular flexibility index (Phi) is 5.65. The normalized spacial score (nSPS) is 19.1. The van der Waals surface area contributed by atoms with Crippen molar-refractivity contribution in [3.63, 3.8) is 0 Å². The number of hydrogen-bond acceptors (Lipinski definition) is 3. The molecule has 1 aliphatic heterocycles. The van der Waals surface area contributed by atoms with E-state index >= 15 is 0 Å². The Hall–Kier alpha value is -0.610. The van der Waals surface area contributed by atoms with Crippen molar-refractivity contribution < 1.29 is 4.79 Å². The number of hydrogen-bond donors (Lipinski definition) is 2. The summed E-state index contributed by atoms with van der Waals surface area (Å²) in [6.07, 6.45) is 3.49. The second-order valence-electron chi connectivity index (χ2n) is 4.36. The first kappa shape index (κ1) is 12.5. The molecule has 0 spiro atoms. The molecule has 0 bridgehead atoms. The van der Waals surface area contributed by atoms with Crippen LogP contribution in [0.25, 0.3) is 0 Å². The van der Waals surface area contributed by atoms with Crippen LogP contribution in [0, 0.1) is 5.92 Å². The van der Waals surface area contributed by atoms with Gasteiger partial charge in [-0.05, 0) is 51.4 Å². The monoisotopic (exact) mass is 213 g/mol. The number of nitrogens with one attached hydrogen (secondary N) is 1. The highest BCUT2D eigenvalue weighted by atomic mass is 16.1. The second kappa shape index (κ2) is 6.80. The lowest BCUT2D eigenvalue weighted by Crippen LogP contribution is -2.38. The molecule has 0 saturated carbocycles.